The van der Waals surface area contributed by atoms with E-state index in [0.717, 1.165) is 31.4 Å². The average molecular weight is 296 g/mol. The fourth-order valence-corrected chi connectivity index (χ4v) is 2.89. The van der Waals surface area contributed by atoms with Crippen molar-refractivity contribution in [3.63, 3.8) is 0 Å². The second kappa shape index (κ2) is 5.81. The number of rotatable bonds is 1. The number of carbonyl (C=O) groups is 1. The van der Waals surface area contributed by atoms with Crippen LogP contribution in [0.4, 0.5) is 0 Å². The predicted octanol–water partition coefficient (Wildman–Crippen LogP) is 1.81. The molecule has 3 rings (SSSR count). The predicted molar refractivity (Wildman–Crippen MR) is 80.9 cm³/mol. The molecule has 0 saturated carbocycles. The Morgan fingerprint density at radius 2 is 1.80 bits per heavy atom. The first kappa shape index (κ1) is 14.8. The fraction of sp³-hybridized carbons (Fsp3) is 0.429. The summed E-state index contributed by atoms with van der Waals surface area (Å²) < 4.78 is 3.06. The van der Waals surface area contributed by atoms with Crippen molar-refractivity contribution in [1.82, 2.24) is 14.5 Å². The average Bonchev–Trinajstić information content (AvgIpc) is 2.71. The Morgan fingerprint density at radius 1 is 1.20 bits per heavy atom. The number of hydrogen-bond acceptors (Lipinski definition) is 3. The summed E-state index contributed by atoms with van der Waals surface area (Å²) in [5, 5.41) is 3.29. The minimum absolute atomic E-state index is 0. The highest BCUT2D eigenvalue weighted by molar-refractivity contribution is 5.89. The number of nitrogens with one attached hydrogen (secondary N) is 1. The number of halogens is 1. The molecule has 2 heterocycles. The summed E-state index contributed by atoms with van der Waals surface area (Å²) in [4.78, 5) is 24.2. The third-order valence-corrected chi connectivity index (χ3v) is 3.77. The molecule has 20 heavy (non-hydrogen) atoms. The number of carbonyl (C=O) groups excluding carboxylic acids is 1. The van der Waals surface area contributed by atoms with Crippen LogP contribution in [0, 0.1) is 0 Å². The lowest BCUT2D eigenvalue weighted by atomic mass is 10.1. The Labute approximate surface area is 123 Å². The van der Waals surface area contributed by atoms with Crippen LogP contribution in [-0.2, 0) is 0 Å². The largest absolute Gasteiger partial charge is 0.336 e. The lowest BCUT2D eigenvalue weighted by Gasteiger charge is -2.23. The molecule has 1 aromatic carbocycles. The summed E-state index contributed by atoms with van der Waals surface area (Å²) in [7, 11) is 0. The molecule has 2 aromatic rings. The second-order valence-corrected chi connectivity index (χ2v) is 4.98. The standard InChI is InChI=1S/C14H17N3O2.ClH/c1-10(18)16-12-4-2-3-5-13(12)17(14(16)19)11-6-8-15-9-7-11;/h2-5,11,15H,6-9H2,1H3;1H. The summed E-state index contributed by atoms with van der Waals surface area (Å²) >= 11 is 0. The summed E-state index contributed by atoms with van der Waals surface area (Å²) in [5.41, 5.74) is 1.36. The van der Waals surface area contributed by atoms with E-state index in [9.17, 15) is 9.59 Å². The van der Waals surface area contributed by atoms with E-state index in [1.165, 1.54) is 11.5 Å². The molecular weight excluding hydrogens is 278 g/mol. The van der Waals surface area contributed by atoms with Crippen molar-refractivity contribution in [1.29, 1.82) is 0 Å². The van der Waals surface area contributed by atoms with Gasteiger partial charge in [0.1, 0.15) is 0 Å². The van der Waals surface area contributed by atoms with Crippen LogP contribution >= 0.6 is 12.4 Å². The molecule has 1 aromatic heterocycles. The molecular formula is C14H18ClN3O2. The Balaban J connectivity index is 0.00000147. The Bertz CT molecular complexity index is 683. The van der Waals surface area contributed by atoms with Gasteiger partial charge in [-0.25, -0.2) is 9.36 Å². The van der Waals surface area contributed by atoms with Crippen LogP contribution in [-0.4, -0.2) is 28.1 Å². The van der Waals surface area contributed by atoms with Crippen molar-refractivity contribution in [2.24, 2.45) is 0 Å². The zero-order valence-electron chi connectivity index (χ0n) is 11.3. The highest BCUT2D eigenvalue weighted by Crippen LogP contribution is 2.23. The number of fused-ring (bicyclic) bond motifs is 1. The number of hydrogen-bond donors (Lipinski definition) is 1. The lowest BCUT2D eigenvalue weighted by Crippen LogP contribution is -2.35. The van der Waals surface area contributed by atoms with Gasteiger partial charge in [0.05, 0.1) is 11.0 Å². The SMILES string of the molecule is CC(=O)n1c(=O)n(C2CCNCC2)c2ccccc21.Cl. The number of nitrogens with zero attached hydrogens (tertiary/aromatic N) is 2. The minimum atomic E-state index is -0.228. The van der Waals surface area contributed by atoms with Crippen molar-refractivity contribution >= 4 is 29.3 Å². The van der Waals surface area contributed by atoms with E-state index in [2.05, 4.69) is 5.32 Å². The van der Waals surface area contributed by atoms with Crippen LogP contribution in [0.1, 0.15) is 30.6 Å². The van der Waals surface area contributed by atoms with Gasteiger partial charge in [-0.1, -0.05) is 12.1 Å². The van der Waals surface area contributed by atoms with Gasteiger partial charge in [0, 0.05) is 13.0 Å². The first-order chi connectivity index (χ1) is 9.20. The van der Waals surface area contributed by atoms with Gasteiger partial charge in [0.25, 0.3) is 0 Å². The quantitative estimate of drug-likeness (QED) is 0.873. The van der Waals surface area contributed by atoms with E-state index < -0.39 is 0 Å². The molecule has 0 aliphatic carbocycles. The van der Waals surface area contributed by atoms with Gasteiger partial charge in [-0.3, -0.25) is 9.36 Å². The number of benzene rings is 1. The fourth-order valence-electron chi connectivity index (χ4n) is 2.89. The summed E-state index contributed by atoms with van der Waals surface area (Å²) in [6.07, 6.45) is 1.84. The molecule has 5 nitrogen and oxygen atoms in total. The normalized spacial score (nSPS) is 16.1. The molecule has 1 saturated heterocycles. The van der Waals surface area contributed by atoms with Gasteiger partial charge in [-0.05, 0) is 38.1 Å². The molecule has 1 aliphatic rings. The van der Waals surface area contributed by atoms with Gasteiger partial charge in [-0.15, -0.1) is 12.4 Å². The van der Waals surface area contributed by atoms with Crippen LogP contribution in [0.25, 0.3) is 11.0 Å². The maximum absolute atomic E-state index is 12.5. The molecule has 0 atom stereocenters. The molecule has 0 radical (unpaired) electrons. The summed E-state index contributed by atoms with van der Waals surface area (Å²) in [6.45, 7) is 3.26. The first-order valence-corrected chi connectivity index (χ1v) is 6.64. The lowest BCUT2D eigenvalue weighted by molar-refractivity contribution is 0.0936. The smallest absolute Gasteiger partial charge is 0.317 e. The molecule has 0 bridgehead atoms. The number of imidazole rings is 1. The Morgan fingerprint density at radius 3 is 2.40 bits per heavy atom. The minimum Gasteiger partial charge on any atom is -0.317 e. The Hall–Kier alpha value is -1.59. The van der Waals surface area contributed by atoms with Gasteiger partial charge in [0.2, 0.25) is 5.91 Å². The molecule has 1 N–H and O–H groups in total. The van der Waals surface area contributed by atoms with Crippen molar-refractivity contribution in [3.8, 4) is 0 Å². The van der Waals surface area contributed by atoms with Crippen LogP contribution in [0.15, 0.2) is 29.1 Å². The highest BCUT2D eigenvalue weighted by Gasteiger charge is 2.23. The van der Waals surface area contributed by atoms with Gasteiger partial charge < -0.3 is 5.32 Å². The zero-order chi connectivity index (χ0) is 13.4. The molecule has 6 heteroatoms. The van der Waals surface area contributed by atoms with Gasteiger partial charge in [-0.2, -0.15) is 0 Å². The summed E-state index contributed by atoms with van der Waals surface area (Å²) in [6, 6.07) is 7.69. The van der Waals surface area contributed by atoms with E-state index >= 15 is 0 Å². The van der Waals surface area contributed by atoms with E-state index in [4.69, 9.17) is 0 Å². The van der Waals surface area contributed by atoms with Crippen LogP contribution < -0.4 is 11.0 Å². The van der Waals surface area contributed by atoms with Gasteiger partial charge >= 0.3 is 5.69 Å². The highest BCUT2D eigenvalue weighted by atomic mass is 35.5. The maximum Gasteiger partial charge on any atom is 0.336 e. The maximum atomic E-state index is 12.5. The third kappa shape index (κ3) is 2.27. The molecule has 108 valence electrons. The van der Waals surface area contributed by atoms with E-state index in [-0.39, 0.29) is 30.0 Å². The first-order valence-electron chi connectivity index (χ1n) is 6.64. The third-order valence-electron chi connectivity index (χ3n) is 3.77. The van der Waals surface area contributed by atoms with Crippen molar-refractivity contribution in [2.75, 3.05) is 13.1 Å². The topological polar surface area (TPSA) is 56.0 Å². The molecule has 0 unspecified atom stereocenters. The van der Waals surface area contributed by atoms with E-state index in [1.54, 1.807) is 4.57 Å². The van der Waals surface area contributed by atoms with Crippen LogP contribution in [0.5, 0.6) is 0 Å². The van der Waals surface area contributed by atoms with Gasteiger partial charge in [0.15, 0.2) is 0 Å². The van der Waals surface area contributed by atoms with Crippen molar-refractivity contribution in [2.45, 2.75) is 25.8 Å². The number of piperidine rings is 1. The van der Waals surface area contributed by atoms with Crippen molar-refractivity contribution < 1.29 is 4.79 Å². The summed E-state index contributed by atoms with van der Waals surface area (Å²) in [5.74, 6) is -0.228. The van der Waals surface area contributed by atoms with E-state index in [0.29, 0.717) is 5.52 Å². The number of aromatic nitrogens is 2. The molecule has 0 spiro atoms. The molecule has 1 aliphatic heterocycles. The second-order valence-electron chi connectivity index (χ2n) is 4.98. The Kier molecular flexibility index (Phi) is 4.30. The molecule has 1 fully saturated rings. The number of para-hydroxylation sites is 2. The van der Waals surface area contributed by atoms with Crippen LogP contribution in [0.3, 0.4) is 0 Å². The van der Waals surface area contributed by atoms with E-state index in [1.807, 2.05) is 24.3 Å². The zero-order valence-corrected chi connectivity index (χ0v) is 12.2. The van der Waals surface area contributed by atoms with Crippen molar-refractivity contribution in [3.05, 3.63) is 34.7 Å². The van der Waals surface area contributed by atoms with Crippen LogP contribution in [0.2, 0.25) is 0 Å². The monoisotopic (exact) mass is 295 g/mol. The molecule has 0 amide bonds.